The van der Waals surface area contributed by atoms with E-state index in [4.69, 9.17) is 21.1 Å². The van der Waals surface area contributed by atoms with Crippen LogP contribution in [0.3, 0.4) is 0 Å². The van der Waals surface area contributed by atoms with Gasteiger partial charge in [0, 0.05) is 25.8 Å². The normalized spacial score (nSPS) is 18.7. The van der Waals surface area contributed by atoms with Crippen molar-refractivity contribution >= 4 is 17.5 Å². The number of piperidine rings is 1. The van der Waals surface area contributed by atoms with Crippen molar-refractivity contribution in [2.75, 3.05) is 33.9 Å². The van der Waals surface area contributed by atoms with Crippen LogP contribution >= 0.6 is 11.6 Å². The van der Waals surface area contributed by atoms with Gasteiger partial charge in [0.1, 0.15) is 5.60 Å². The molecule has 0 bridgehead atoms. The zero-order valence-electron chi connectivity index (χ0n) is 13.0. The first-order valence-corrected chi connectivity index (χ1v) is 7.81. The van der Waals surface area contributed by atoms with E-state index in [1.165, 1.54) is 0 Å². The molecular weight excluding hydrogens is 304 g/mol. The lowest BCUT2D eigenvalue weighted by atomic mass is 9.91. The lowest BCUT2D eigenvalue weighted by molar-refractivity contribution is -0.147. The summed E-state index contributed by atoms with van der Waals surface area (Å²) in [4.78, 5) is 12.5. The highest BCUT2D eigenvalue weighted by Gasteiger charge is 2.39. The summed E-state index contributed by atoms with van der Waals surface area (Å²) >= 11 is 5.89. The Hall–Kier alpha value is -1.14. The van der Waals surface area contributed by atoms with Gasteiger partial charge in [-0.2, -0.15) is 0 Å². The molecule has 1 aliphatic heterocycles. The average molecular weight is 327 g/mol. The maximum absolute atomic E-state index is 12.5. The number of rotatable bonds is 6. The summed E-state index contributed by atoms with van der Waals surface area (Å²) < 4.78 is 11.0. The molecule has 1 heterocycles. The molecule has 2 N–H and O–H groups in total. The molecule has 1 atom stereocenters. The van der Waals surface area contributed by atoms with Gasteiger partial charge in [0.25, 0.3) is 5.91 Å². The summed E-state index contributed by atoms with van der Waals surface area (Å²) in [7, 11) is 3.22. The minimum atomic E-state index is -0.733. The predicted octanol–water partition coefficient (Wildman–Crippen LogP) is 1.91. The summed E-state index contributed by atoms with van der Waals surface area (Å²) in [6.07, 6.45) is 1.14. The second-order valence-corrected chi connectivity index (χ2v) is 5.87. The molecule has 6 heteroatoms. The lowest BCUT2D eigenvalue weighted by Gasteiger charge is -2.35. The smallest absolute Gasteiger partial charge is 0.252 e. The predicted molar refractivity (Wildman–Crippen MR) is 86.1 cm³/mol. The summed E-state index contributed by atoms with van der Waals surface area (Å²) in [5.41, 5.74) is 0.243. The van der Waals surface area contributed by atoms with Crippen molar-refractivity contribution in [2.24, 2.45) is 0 Å². The second kappa shape index (κ2) is 7.92. The molecule has 1 saturated heterocycles. The molecule has 1 amide bonds. The van der Waals surface area contributed by atoms with Crippen molar-refractivity contribution in [2.45, 2.75) is 24.5 Å². The Morgan fingerprint density at radius 1 is 1.32 bits per heavy atom. The molecular formula is C16H23ClN2O3. The van der Waals surface area contributed by atoms with Crippen molar-refractivity contribution in [1.82, 2.24) is 10.6 Å². The molecule has 1 aliphatic rings. The first-order chi connectivity index (χ1) is 10.6. The van der Waals surface area contributed by atoms with Gasteiger partial charge in [-0.05, 0) is 43.6 Å². The third-order valence-electron chi connectivity index (χ3n) is 4.19. The van der Waals surface area contributed by atoms with Crippen LogP contribution in [-0.4, -0.2) is 45.4 Å². The fourth-order valence-electron chi connectivity index (χ4n) is 2.72. The monoisotopic (exact) mass is 326 g/mol. The van der Waals surface area contributed by atoms with Crippen LogP contribution in [0, 0.1) is 0 Å². The molecule has 0 aromatic heterocycles. The van der Waals surface area contributed by atoms with E-state index in [9.17, 15) is 4.79 Å². The zero-order valence-corrected chi connectivity index (χ0v) is 13.8. The number of halogens is 1. The SMILES string of the molecule is COC(CNC(=O)C1(OC)CCNCC1)c1ccc(Cl)cc1. The third-order valence-corrected chi connectivity index (χ3v) is 4.44. The first kappa shape index (κ1) is 17.2. The third kappa shape index (κ3) is 3.98. The Kier molecular flexibility index (Phi) is 6.20. The maximum atomic E-state index is 12.5. The van der Waals surface area contributed by atoms with Gasteiger partial charge in [-0.25, -0.2) is 0 Å². The number of nitrogens with one attached hydrogen (secondary N) is 2. The molecule has 1 aromatic rings. The number of methoxy groups -OCH3 is 2. The number of benzene rings is 1. The van der Waals surface area contributed by atoms with Crippen molar-refractivity contribution in [3.8, 4) is 0 Å². The van der Waals surface area contributed by atoms with Crippen molar-refractivity contribution < 1.29 is 14.3 Å². The fourth-order valence-corrected chi connectivity index (χ4v) is 2.84. The van der Waals surface area contributed by atoms with Crippen LogP contribution in [0.1, 0.15) is 24.5 Å². The van der Waals surface area contributed by atoms with Crippen LogP contribution in [0.25, 0.3) is 0 Å². The maximum Gasteiger partial charge on any atom is 0.252 e. The van der Waals surface area contributed by atoms with Crippen LogP contribution in [0.15, 0.2) is 24.3 Å². The van der Waals surface area contributed by atoms with Crippen LogP contribution in [0.2, 0.25) is 5.02 Å². The lowest BCUT2D eigenvalue weighted by Crippen LogP contribution is -2.54. The summed E-state index contributed by atoms with van der Waals surface area (Å²) in [6, 6.07) is 7.43. The Balaban J connectivity index is 1.97. The van der Waals surface area contributed by atoms with Gasteiger partial charge in [-0.3, -0.25) is 4.79 Å². The Morgan fingerprint density at radius 3 is 2.50 bits per heavy atom. The standard InChI is InChI=1S/C16H23ClN2O3/c1-21-14(12-3-5-13(17)6-4-12)11-19-15(20)16(22-2)7-9-18-10-8-16/h3-6,14,18H,7-11H2,1-2H3,(H,19,20). The number of hydrogen-bond acceptors (Lipinski definition) is 4. The topological polar surface area (TPSA) is 59.6 Å². The van der Waals surface area contributed by atoms with E-state index in [2.05, 4.69) is 10.6 Å². The molecule has 1 fully saturated rings. The van der Waals surface area contributed by atoms with Crippen molar-refractivity contribution in [3.05, 3.63) is 34.9 Å². The van der Waals surface area contributed by atoms with Gasteiger partial charge < -0.3 is 20.1 Å². The van der Waals surface area contributed by atoms with E-state index in [0.717, 1.165) is 18.7 Å². The van der Waals surface area contributed by atoms with Gasteiger partial charge in [0.05, 0.1) is 6.10 Å². The highest BCUT2D eigenvalue weighted by molar-refractivity contribution is 6.30. The molecule has 2 rings (SSSR count). The number of amides is 1. The van der Waals surface area contributed by atoms with Gasteiger partial charge in [-0.15, -0.1) is 0 Å². The molecule has 122 valence electrons. The molecule has 0 radical (unpaired) electrons. The van der Waals surface area contributed by atoms with E-state index in [0.29, 0.717) is 24.4 Å². The molecule has 1 aromatic carbocycles. The van der Waals surface area contributed by atoms with E-state index in [1.54, 1.807) is 14.2 Å². The molecule has 0 aliphatic carbocycles. The number of ether oxygens (including phenoxy) is 2. The number of carbonyl (C=O) groups excluding carboxylic acids is 1. The highest BCUT2D eigenvalue weighted by Crippen LogP contribution is 2.23. The molecule has 1 unspecified atom stereocenters. The fraction of sp³-hybridized carbons (Fsp3) is 0.562. The average Bonchev–Trinajstić information content (AvgIpc) is 2.57. The van der Waals surface area contributed by atoms with E-state index in [-0.39, 0.29) is 12.0 Å². The summed E-state index contributed by atoms with van der Waals surface area (Å²) in [5, 5.41) is 6.87. The van der Waals surface area contributed by atoms with Crippen molar-refractivity contribution in [3.63, 3.8) is 0 Å². The minimum Gasteiger partial charge on any atom is -0.375 e. The Labute approximate surface area is 136 Å². The minimum absolute atomic E-state index is 0.0764. The van der Waals surface area contributed by atoms with Crippen LogP contribution in [-0.2, 0) is 14.3 Å². The van der Waals surface area contributed by atoms with E-state index < -0.39 is 5.60 Å². The molecule has 0 saturated carbocycles. The molecule has 5 nitrogen and oxygen atoms in total. The zero-order chi connectivity index (χ0) is 16.0. The quantitative estimate of drug-likeness (QED) is 0.838. The highest BCUT2D eigenvalue weighted by atomic mass is 35.5. The van der Waals surface area contributed by atoms with Gasteiger partial charge in [0.15, 0.2) is 0 Å². The summed E-state index contributed by atoms with van der Waals surface area (Å²) in [6.45, 7) is 1.97. The second-order valence-electron chi connectivity index (χ2n) is 5.43. The number of carbonyl (C=O) groups is 1. The first-order valence-electron chi connectivity index (χ1n) is 7.44. The van der Waals surface area contributed by atoms with Gasteiger partial charge in [-0.1, -0.05) is 23.7 Å². The van der Waals surface area contributed by atoms with E-state index >= 15 is 0 Å². The summed E-state index contributed by atoms with van der Waals surface area (Å²) in [5.74, 6) is -0.0764. The van der Waals surface area contributed by atoms with Gasteiger partial charge >= 0.3 is 0 Å². The van der Waals surface area contributed by atoms with Gasteiger partial charge in [0.2, 0.25) is 0 Å². The van der Waals surface area contributed by atoms with Crippen LogP contribution in [0.4, 0.5) is 0 Å². The van der Waals surface area contributed by atoms with Crippen LogP contribution in [0.5, 0.6) is 0 Å². The Bertz CT molecular complexity index is 487. The largest absolute Gasteiger partial charge is 0.375 e. The van der Waals surface area contributed by atoms with Crippen LogP contribution < -0.4 is 10.6 Å². The molecule has 0 spiro atoms. The van der Waals surface area contributed by atoms with Crippen molar-refractivity contribution in [1.29, 1.82) is 0 Å². The Morgan fingerprint density at radius 2 is 1.95 bits per heavy atom. The van der Waals surface area contributed by atoms with E-state index in [1.807, 2.05) is 24.3 Å². The molecule has 22 heavy (non-hydrogen) atoms. The number of hydrogen-bond donors (Lipinski definition) is 2.